The fourth-order valence-electron chi connectivity index (χ4n) is 5.25. The van der Waals surface area contributed by atoms with Gasteiger partial charge in [-0.1, -0.05) is 73.7 Å². The predicted molar refractivity (Wildman–Crippen MR) is 180 cm³/mol. The molecule has 0 heterocycles. The predicted octanol–water partition coefficient (Wildman–Crippen LogP) is 4.53. The molecule has 8 heteroatoms. The number of benzene rings is 4. The Morgan fingerprint density at radius 3 is 2.22 bits per heavy atom. The average Bonchev–Trinajstić information content (AvgIpc) is 3.07. The highest BCUT2D eigenvalue weighted by Gasteiger charge is 2.13. The van der Waals surface area contributed by atoms with Crippen molar-refractivity contribution in [3.8, 4) is 5.75 Å². The first-order valence-corrected chi connectivity index (χ1v) is 15.9. The standard InChI is InChI=1S/C38H45N3O5/c1-3-27-7-9-28(10-8-27)17-18-39-38(46)32-13-11-29(12-14-32)23-41-37(45)21-31-6-4-5-30(20-31)19-26(2)40-24-36(44)33-15-16-35(43)34(22-33)25-42/h4-16,20,22,26,36,40,42-44H,3,17-19,21,23-25H2,1-2H3,(H,39,46)(H,41,45)/t26-,36-/m1/s1. The fourth-order valence-corrected chi connectivity index (χ4v) is 5.25. The lowest BCUT2D eigenvalue weighted by Gasteiger charge is -2.18. The quantitative estimate of drug-likeness (QED) is 0.109. The Morgan fingerprint density at radius 1 is 0.804 bits per heavy atom. The van der Waals surface area contributed by atoms with E-state index in [1.807, 2.05) is 43.3 Å². The first-order valence-electron chi connectivity index (χ1n) is 15.9. The molecular formula is C38H45N3O5. The van der Waals surface area contributed by atoms with E-state index in [9.17, 15) is 24.9 Å². The Hall–Kier alpha value is -4.50. The van der Waals surface area contributed by atoms with Crippen molar-refractivity contribution in [3.63, 3.8) is 0 Å². The molecule has 2 amide bonds. The van der Waals surface area contributed by atoms with Crippen LogP contribution in [0, 0.1) is 0 Å². The Labute approximate surface area is 271 Å². The minimum Gasteiger partial charge on any atom is -0.508 e. The Balaban J connectivity index is 1.17. The zero-order chi connectivity index (χ0) is 32.9. The molecule has 0 unspecified atom stereocenters. The lowest BCUT2D eigenvalue weighted by molar-refractivity contribution is -0.120. The number of aliphatic hydroxyl groups is 2. The maximum atomic E-state index is 12.7. The molecule has 4 aromatic carbocycles. The number of amides is 2. The number of carbonyl (C=O) groups excluding carboxylic acids is 2. The summed E-state index contributed by atoms with van der Waals surface area (Å²) in [5.74, 6) is -0.198. The largest absolute Gasteiger partial charge is 0.508 e. The maximum Gasteiger partial charge on any atom is 0.251 e. The van der Waals surface area contributed by atoms with E-state index in [1.54, 1.807) is 24.3 Å². The van der Waals surface area contributed by atoms with Gasteiger partial charge in [-0.2, -0.15) is 0 Å². The third-order valence-electron chi connectivity index (χ3n) is 8.05. The zero-order valence-electron chi connectivity index (χ0n) is 26.6. The van der Waals surface area contributed by atoms with Crippen LogP contribution >= 0.6 is 0 Å². The molecule has 8 nitrogen and oxygen atoms in total. The van der Waals surface area contributed by atoms with Crippen LogP contribution in [-0.2, 0) is 43.6 Å². The Kier molecular flexibility index (Phi) is 12.9. The summed E-state index contributed by atoms with van der Waals surface area (Å²) in [5, 5.41) is 38.9. The highest BCUT2D eigenvalue weighted by molar-refractivity contribution is 5.94. The second kappa shape index (κ2) is 17.3. The number of aliphatic hydroxyl groups excluding tert-OH is 2. The van der Waals surface area contributed by atoms with E-state index in [1.165, 1.54) is 17.2 Å². The van der Waals surface area contributed by atoms with Gasteiger partial charge >= 0.3 is 0 Å². The summed E-state index contributed by atoms with van der Waals surface area (Å²) in [4.78, 5) is 25.3. The van der Waals surface area contributed by atoms with Gasteiger partial charge in [0.1, 0.15) is 5.75 Å². The molecule has 4 rings (SSSR count). The van der Waals surface area contributed by atoms with Crippen LogP contribution < -0.4 is 16.0 Å². The number of aryl methyl sites for hydroxylation is 1. The molecule has 0 aliphatic heterocycles. The second-order valence-electron chi connectivity index (χ2n) is 11.7. The molecule has 46 heavy (non-hydrogen) atoms. The van der Waals surface area contributed by atoms with Crippen LogP contribution in [0.15, 0.2) is 91.0 Å². The summed E-state index contributed by atoms with van der Waals surface area (Å²) < 4.78 is 0. The van der Waals surface area contributed by atoms with Crippen molar-refractivity contribution in [2.45, 2.75) is 64.8 Å². The highest BCUT2D eigenvalue weighted by Crippen LogP contribution is 2.22. The van der Waals surface area contributed by atoms with Crippen molar-refractivity contribution in [2.75, 3.05) is 13.1 Å². The molecule has 0 saturated heterocycles. The van der Waals surface area contributed by atoms with E-state index >= 15 is 0 Å². The Morgan fingerprint density at radius 2 is 1.50 bits per heavy atom. The smallest absolute Gasteiger partial charge is 0.251 e. The number of rotatable bonds is 16. The number of phenols is 1. The summed E-state index contributed by atoms with van der Waals surface area (Å²) in [6.07, 6.45) is 1.97. The normalized spacial score (nSPS) is 12.3. The molecule has 0 aromatic heterocycles. The molecule has 0 spiro atoms. The lowest BCUT2D eigenvalue weighted by Crippen LogP contribution is -2.32. The van der Waals surface area contributed by atoms with Gasteiger partial charge in [-0.3, -0.25) is 9.59 Å². The van der Waals surface area contributed by atoms with Gasteiger partial charge in [-0.05, 0) is 83.8 Å². The van der Waals surface area contributed by atoms with Gasteiger partial charge in [0.25, 0.3) is 5.91 Å². The van der Waals surface area contributed by atoms with E-state index in [0.29, 0.717) is 42.7 Å². The van der Waals surface area contributed by atoms with Crippen LogP contribution in [0.5, 0.6) is 5.75 Å². The molecule has 6 N–H and O–H groups in total. The van der Waals surface area contributed by atoms with Gasteiger partial charge in [-0.25, -0.2) is 0 Å². The van der Waals surface area contributed by atoms with E-state index in [-0.39, 0.29) is 36.6 Å². The van der Waals surface area contributed by atoms with Gasteiger partial charge in [0, 0.05) is 36.8 Å². The summed E-state index contributed by atoms with van der Waals surface area (Å²) in [7, 11) is 0. The maximum absolute atomic E-state index is 12.7. The van der Waals surface area contributed by atoms with Crippen LogP contribution in [0.3, 0.4) is 0 Å². The number of carbonyl (C=O) groups is 2. The average molecular weight is 624 g/mol. The van der Waals surface area contributed by atoms with E-state index < -0.39 is 6.10 Å². The number of nitrogens with one attached hydrogen (secondary N) is 3. The topological polar surface area (TPSA) is 131 Å². The summed E-state index contributed by atoms with van der Waals surface area (Å²) in [6.45, 7) is 5.12. The molecular weight excluding hydrogens is 578 g/mol. The van der Waals surface area contributed by atoms with Crippen LogP contribution in [0.4, 0.5) is 0 Å². The number of hydrogen-bond donors (Lipinski definition) is 6. The molecule has 0 bridgehead atoms. The SMILES string of the molecule is CCc1ccc(CCNC(=O)c2ccc(CNC(=O)Cc3cccc(C[C@@H](C)NC[C@@H](O)c4ccc(O)c(CO)c4)c3)cc2)cc1. The van der Waals surface area contributed by atoms with Crippen molar-refractivity contribution >= 4 is 11.8 Å². The third kappa shape index (κ3) is 10.5. The summed E-state index contributed by atoms with van der Waals surface area (Å²) in [6, 6.07) is 28.4. The third-order valence-corrected chi connectivity index (χ3v) is 8.05. The molecule has 0 aliphatic carbocycles. The first kappa shape index (κ1) is 34.4. The van der Waals surface area contributed by atoms with Gasteiger partial charge in [-0.15, -0.1) is 0 Å². The molecule has 2 atom stereocenters. The molecule has 0 radical (unpaired) electrons. The second-order valence-corrected chi connectivity index (χ2v) is 11.7. The molecule has 0 fully saturated rings. The molecule has 0 aliphatic rings. The van der Waals surface area contributed by atoms with E-state index in [4.69, 9.17) is 0 Å². The number of aromatic hydroxyl groups is 1. The highest BCUT2D eigenvalue weighted by atomic mass is 16.3. The zero-order valence-corrected chi connectivity index (χ0v) is 26.6. The molecule has 0 saturated carbocycles. The van der Waals surface area contributed by atoms with Crippen molar-refractivity contribution < 1.29 is 24.9 Å². The van der Waals surface area contributed by atoms with Gasteiger partial charge < -0.3 is 31.3 Å². The summed E-state index contributed by atoms with van der Waals surface area (Å²) >= 11 is 0. The van der Waals surface area contributed by atoms with Crippen molar-refractivity contribution in [1.29, 1.82) is 0 Å². The molecule has 4 aromatic rings. The van der Waals surface area contributed by atoms with Crippen LogP contribution in [-0.4, -0.2) is 46.3 Å². The minimum atomic E-state index is -0.782. The van der Waals surface area contributed by atoms with Gasteiger partial charge in [0.15, 0.2) is 0 Å². The molecule has 242 valence electrons. The number of hydrogen-bond acceptors (Lipinski definition) is 6. The lowest BCUT2D eigenvalue weighted by atomic mass is 10.0. The monoisotopic (exact) mass is 623 g/mol. The van der Waals surface area contributed by atoms with Gasteiger partial charge in [0.2, 0.25) is 5.91 Å². The van der Waals surface area contributed by atoms with E-state index in [0.717, 1.165) is 29.5 Å². The minimum absolute atomic E-state index is 0.00367. The van der Waals surface area contributed by atoms with Crippen LogP contribution in [0.2, 0.25) is 0 Å². The van der Waals surface area contributed by atoms with E-state index in [2.05, 4.69) is 47.1 Å². The van der Waals surface area contributed by atoms with Crippen LogP contribution in [0.1, 0.15) is 69.3 Å². The Bertz CT molecular complexity index is 1570. The van der Waals surface area contributed by atoms with Crippen molar-refractivity contribution in [1.82, 2.24) is 16.0 Å². The van der Waals surface area contributed by atoms with Crippen molar-refractivity contribution in [2.24, 2.45) is 0 Å². The summed E-state index contributed by atoms with van der Waals surface area (Å²) in [5.41, 5.74) is 6.99. The first-order chi connectivity index (χ1) is 22.2. The van der Waals surface area contributed by atoms with Gasteiger partial charge in [0.05, 0.1) is 19.1 Å². The van der Waals surface area contributed by atoms with Crippen molar-refractivity contribution in [3.05, 3.63) is 136 Å². The fraction of sp³-hybridized carbons (Fsp3) is 0.316. The van der Waals surface area contributed by atoms with Crippen LogP contribution in [0.25, 0.3) is 0 Å².